The zero-order valence-electron chi connectivity index (χ0n) is 14.1. The van der Waals surface area contributed by atoms with Gasteiger partial charge in [0.05, 0.1) is 28.9 Å². The lowest BCUT2D eigenvalue weighted by atomic mass is 10.1. The van der Waals surface area contributed by atoms with Crippen molar-refractivity contribution in [3.8, 4) is 6.01 Å². The van der Waals surface area contributed by atoms with Crippen LogP contribution in [0.15, 0.2) is 35.5 Å². The molecule has 134 valence electrons. The van der Waals surface area contributed by atoms with E-state index in [-0.39, 0.29) is 18.7 Å². The van der Waals surface area contributed by atoms with E-state index in [1.807, 2.05) is 26.0 Å². The highest BCUT2D eigenvalue weighted by atomic mass is 35.5. The third kappa shape index (κ3) is 4.11. The van der Waals surface area contributed by atoms with E-state index >= 15 is 0 Å². The van der Waals surface area contributed by atoms with Crippen molar-refractivity contribution in [2.75, 3.05) is 13.1 Å². The van der Waals surface area contributed by atoms with E-state index in [0.717, 1.165) is 24.0 Å². The Bertz CT molecular complexity index is 856. The molecular formula is C17H20ClN3O3S. The summed E-state index contributed by atoms with van der Waals surface area (Å²) in [5.74, 6) is 0. The lowest BCUT2D eigenvalue weighted by Crippen LogP contribution is -2.44. The molecule has 1 saturated heterocycles. The van der Waals surface area contributed by atoms with Gasteiger partial charge in [-0.15, -0.1) is 0 Å². The van der Waals surface area contributed by atoms with Crippen molar-refractivity contribution in [1.29, 1.82) is 0 Å². The summed E-state index contributed by atoms with van der Waals surface area (Å²) in [7, 11) is -3.55. The van der Waals surface area contributed by atoms with Gasteiger partial charge in [0.1, 0.15) is 6.10 Å². The van der Waals surface area contributed by atoms with Crippen LogP contribution in [0, 0.1) is 13.8 Å². The summed E-state index contributed by atoms with van der Waals surface area (Å²) in [6.45, 7) is 4.53. The van der Waals surface area contributed by atoms with Crippen LogP contribution in [-0.4, -0.2) is 41.9 Å². The Balaban J connectivity index is 1.76. The van der Waals surface area contributed by atoms with Gasteiger partial charge in [-0.1, -0.05) is 29.3 Å². The number of benzene rings is 1. The number of hydrogen-bond acceptors (Lipinski definition) is 5. The van der Waals surface area contributed by atoms with Crippen LogP contribution in [0.2, 0.25) is 5.02 Å². The average Bonchev–Trinajstić information content (AvgIpc) is 2.57. The largest absolute Gasteiger partial charge is 0.459 e. The quantitative estimate of drug-likeness (QED) is 0.814. The van der Waals surface area contributed by atoms with Gasteiger partial charge in [-0.05, 0) is 38.3 Å². The SMILES string of the molecule is Cc1ccc(S(=O)(=O)N2CCCC(Oc3ncc(Cl)cn3)C2)c(C)c1. The van der Waals surface area contributed by atoms with Gasteiger partial charge in [0.2, 0.25) is 10.0 Å². The van der Waals surface area contributed by atoms with Crippen molar-refractivity contribution in [3.05, 3.63) is 46.7 Å². The van der Waals surface area contributed by atoms with Crippen LogP contribution < -0.4 is 4.74 Å². The fourth-order valence-electron chi connectivity index (χ4n) is 2.96. The van der Waals surface area contributed by atoms with Crippen LogP contribution in [-0.2, 0) is 10.0 Å². The topological polar surface area (TPSA) is 72.4 Å². The number of piperidine rings is 1. The highest BCUT2D eigenvalue weighted by Crippen LogP contribution is 2.25. The molecule has 0 aliphatic carbocycles. The monoisotopic (exact) mass is 381 g/mol. The molecule has 1 aromatic carbocycles. The minimum Gasteiger partial charge on any atom is -0.459 e. The summed E-state index contributed by atoms with van der Waals surface area (Å²) in [5.41, 5.74) is 1.79. The third-order valence-corrected chi connectivity index (χ3v) is 6.38. The minimum absolute atomic E-state index is 0.208. The number of sulfonamides is 1. The van der Waals surface area contributed by atoms with E-state index < -0.39 is 10.0 Å². The van der Waals surface area contributed by atoms with Crippen LogP contribution in [0.1, 0.15) is 24.0 Å². The Hall–Kier alpha value is -1.70. The van der Waals surface area contributed by atoms with Crippen LogP contribution >= 0.6 is 11.6 Å². The highest BCUT2D eigenvalue weighted by molar-refractivity contribution is 7.89. The Morgan fingerprint density at radius 2 is 1.96 bits per heavy atom. The number of ether oxygens (including phenoxy) is 1. The van der Waals surface area contributed by atoms with Crippen LogP contribution in [0.5, 0.6) is 6.01 Å². The fraction of sp³-hybridized carbons (Fsp3) is 0.412. The van der Waals surface area contributed by atoms with Crippen molar-refractivity contribution in [1.82, 2.24) is 14.3 Å². The first-order valence-corrected chi connectivity index (χ1v) is 9.89. The molecule has 0 N–H and O–H groups in total. The summed E-state index contributed by atoms with van der Waals surface area (Å²) >= 11 is 5.76. The van der Waals surface area contributed by atoms with Gasteiger partial charge >= 0.3 is 6.01 Å². The maximum absolute atomic E-state index is 13.0. The molecular weight excluding hydrogens is 362 g/mol. The van der Waals surface area contributed by atoms with E-state index in [0.29, 0.717) is 16.5 Å². The number of aromatic nitrogens is 2. The maximum Gasteiger partial charge on any atom is 0.316 e. The zero-order chi connectivity index (χ0) is 18.0. The van der Waals surface area contributed by atoms with E-state index in [1.54, 1.807) is 6.07 Å². The van der Waals surface area contributed by atoms with Crippen molar-refractivity contribution in [2.24, 2.45) is 0 Å². The van der Waals surface area contributed by atoms with Gasteiger partial charge < -0.3 is 4.74 Å². The molecule has 1 unspecified atom stereocenters. The van der Waals surface area contributed by atoms with Crippen LogP contribution in [0.3, 0.4) is 0 Å². The molecule has 25 heavy (non-hydrogen) atoms. The first-order valence-electron chi connectivity index (χ1n) is 8.08. The fourth-order valence-corrected chi connectivity index (χ4v) is 4.77. The number of rotatable bonds is 4. The predicted molar refractivity (Wildman–Crippen MR) is 95.4 cm³/mol. The van der Waals surface area contributed by atoms with E-state index in [1.165, 1.54) is 16.7 Å². The molecule has 1 fully saturated rings. The third-order valence-electron chi connectivity index (χ3n) is 4.16. The molecule has 0 amide bonds. The highest BCUT2D eigenvalue weighted by Gasteiger charge is 2.32. The van der Waals surface area contributed by atoms with Crippen molar-refractivity contribution >= 4 is 21.6 Å². The molecule has 1 aliphatic heterocycles. The second-order valence-corrected chi connectivity index (χ2v) is 8.54. The van der Waals surface area contributed by atoms with Crippen molar-refractivity contribution in [2.45, 2.75) is 37.7 Å². The Morgan fingerprint density at radius 1 is 1.24 bits per heavy atom. The molecule has 0 bridgehead atoms. The number of hydrogen-bond donors (Lipinski definition) is 0. The molecule has 8 heteroatoms. The normalized spacial score (nSPS) is 18.9. The second kappa shape index (κ2) is 7.27. The minimum atomic E-state index is -3.55. The van der Waals surface area contributed by atoms with Gasteiger partial charge in [0.25, 0.3) is 0 Å². The Morgan fingerprint density at radius 3 is 2.64 bits per heavy atom. The molecule has 0 saturated carbocycles. The Kier molecular flexibility index (Phi) is 5.27. The van der Waals surface area contributed by atoms with Crippen LogP contribution in [0.4, 0.5) is 0 Å². The summed E-state index contributed by atoms with van der Waals surface area (Å²) < 4.78 is 33.2. The molecule has 2 heterocycles. The van der Waals surface area contributed by atoms with E-state index in [2.05, 4.69) is 9.97 Å². The number of nitrogens with zero attached hydrogens (tertiary/aromatic N) is 3. The first kappa shape index (κ1) is 18.1. The van der Waals surface area contributed by atoms with Crippen LogP contribution in [0.25, 0.3) is 0 Å². The first-order chi connectivity index (χ1) is 11.9. The maximum atomic E-state index is 13.0. The summed E-state index contributed by atoms with van der Waals surface area (Å²) in [6, 6.07) is 5.58. The Labute approximate surface area is 152 Å². The lowest BCUT2D eigenvalue weighted by Gasteiger charge is -2.31. The molecule has 1 aliphatic rings. The molecule has 6 nitrogen and oxygen atoms in total. The summed E-state index contributed by atoms with van der Waals surface area (Å²) in [6.07, 6.45) is 4.11. The van der Waals surface area contributed by atoms with Gasteiger partial charge in [-0.25, -0.2) is 18.4 Å². The van der Waals surface area contributed by atoms with Gasteiger partial charge in [0, 0.05) is 6.54 Å². The molecule has 0 radical (unpaired) electrons. The second-order valence-electron chi connectivity index (χ2n) is 6.20. The summed E-state index contributed by atoms with van der Waals surface area (Å²) in [5, 5.41) is 0.426. The molecule has 1 atom stereocenters. The predicted octanol–water partition coefficient (Wildman–Crippen LogP) is 2.98. The van der Waals surface area contributed by atoms with Gasteiger partial charge in [-0.3, -0.25) is 0 Å². The summed E-state index contributed by atoms with van der Waals surface area (Å²) in [4.78, 5) is 8.37. The van der Waals surface area contributed by atoms with E-state index in [4.69, 9.17) is 16.3 Å². The van der Waals surface area contributed by atoms with Gasteiger partial charge in [-0.2, -0.15) is 4.31 Å². The molecule has 2 aromatic rings. The zero-order valence-corrected chi connectivity index (χ0v) is 15.7. The smallest absolute Gasteiger partial charge is 0.316 e. The molecule has 3 rings (SSSR count). The van der Waals surface area contributed by atoms with Crippen molar-refractivity contribution < 1.29 is 13.2 Å². The lowest BCUT2D eigenvalue weighted by molar-refractivity contribution is 0.119. The standard InChI is InChI=1S/C17H20ClN3O3S/c1-12-5-6-16(13(2)8-12)25(22,23)21-7-3-4-15(11-21)24-17-19-9-14(18)10-20-17/h5-6,8-10,15H,3-4,7,11H2,1-2H3. The van der Waals surface area contributed by atoms with Gasteiger partial charge in [0.15, 0.2) is 0 Å². The van der Waals surface area contributed by atoms with Crippen molar-refractivity contribution in [3.63, 3.8) is 0 Å². The molecule has 1 aromatic heterocycles. The molecule has 0 spiro atoms. The number of aryl methyl sites for hydroxylation is 2. The average molecular weight is 382 g/mol. The number of halogens is 1. The van der Waals surface area contributed by atoms with E-state index in [9.17, 15) is 8.42 Å².